The van der Waals surface area contributed by atoms with Gasteiger partial charge in [0.1, 0.15) is 0 Å². The van der Waals surface area contributed by atoms with Crippen LogP contribution in [-0.2, 0) is 6.42 Å². The van der Waals surface area contributed by atoms with E-state index in [2.05, 4.69) is 15.9 Å². The molecule has 0 amide bonds. The van der Waals surface area contributed by atoms with Crippen molar-refractivity contribution in [3.05, 3.63) is 22.2 Å². The van der Waals surface area contributed by atoms with Crippen LogP contribution >= 0.6 is 15.9 Å². The van der Waals surface area contributed by atoms with Crippen LogP contribution in [0.3, 0.4) is 0 Å². The van der Waals surface area contributed by atoms with Crippen LogP contribution in [0.25, 0.3) is 0 Å². The highest BCUT2D eigenvalue weighted by atomic mass is 79.9. The van der Waals surface area contributed by atoms with E-state index in [0.717, 1.165) is 28.0 Å². The maximum atomic E-state index is 5.99. The number of halogens is 1. The first kappa shape index (κ1) is 10.8. The van der Waals surface area contributed by atoms with Gasteiger partial charge in [-0.25, -0.2) is 0 Å². The Morgan fingerprint density at radius 2 is 2.00 bits per heavy atom. The molecule has 2 rings (SSSR count). The lowest BCUT2D eigenvalue weighted by molar-refractivity contribution is 0.172. The third kappa shape index (κ3) is 2.26. The molecule has 4 heteroatoms. The Kier molecular flexibility index (Phi) is 2.64. The fourth-order valence-corrected chi connectivity index (χ4v) is 2.08. The van der Waals surface area contributed by atoms with Gasteiger partial charge in [-0.3, -0.25) is 0 Å². The summed E-state index contributed by atoms with van der Waals surface area (Å²) in [6.45, 7) is 4.28. The van der Waals surface area contributed by atoms with Crippen LogP contribution in [0.2, 0.25) is 0 Å². The lowest BCUT2D eigenvalue weighted by Crippen LogP contribution is -2.34. The zero-order valence-corrected chi connectivity index (χ0v) is 10.4. The van der Waals surface area contributed by atoms with Gasteiger partial charge < -0.3 is 15.2 Å². The van der Waals surface area contributed by atoms with Crippen LogP contribution in [0.15, 0.2) is 16.6 Å². The second-order valence-corrected chi connectivity index (χ2v) is 5.29. The second-order valence-electron chi connectivity index (χ2n) is 4.44. The minimum Gasteiger partial charge on any atom is -0.453 e. The van der Waals surface area contributed by atoms with Crippen molar-refractivity contribution in [2.45, 2.75) is 25.8 Å². The summed E-state index contributed by atoms with van der Waals surface area (Å²) in [6, 6.07) is 3.99. The first-order valence-electron chi connectivity index (χ1n) is 4.83. The monoisotopic (exact) mass is 271 g/mol. The van der Waals surface area contributed by atoms with Crippen LogP contribution < -0.4 is 15.2 Å². The van der Waals surface area contributed by atoms with Gasteiger partial charge in [-0.1, -0.05) is 6.07 Å². The van der Waals surface area contributed by atoms with E-state index in [0.29, 0.717) is 0 Å². The van der Waals surface area contributed by atoms with Crippen molar-refractivity contribution in [3.8, 4) is 11.5 Å². The molecule has 0 aromatic heterocycles. The molecule has 0 unspecified atom stereocenters. The van der Waals surface area contributed by atoms with E-state index in [1.807, 2.05) is 26.0 Å². The second kappa shape index (κ2) is 3.68. The third-order valence-corrected chi connectivity index (χ3v) is 2.82. The maximum Gasteiger partial charge on any atom is 0.231 e. The summed E-state index contributed by atoms with van der Waals surface area (Å²) < 4.78 is 11.7. The molecule has 0 radical (unpaired) electrons. The molecule has 3 nitrogen and oxygen atoms in total. The van der Waals surface area contributed by atoms with Crippen molar-refractivity contribution >= 4 is 15.9 Å². The van der Waals surface area contributed by atoms with Crippen LogP contribution in [0.1, 0.15) is 19.4 Å². The molecule has 0 bridgehead atoms. The first-order valence-corrected chi connectivity index (χ1v) is 5.62. The van der Waals surface area contributed by atoms with E-state index >= 15 is 0 Å². The van der Waals surface area contributed by atoms with Gasteiger partial charge in [-0.2, -0.15) is 0 Å². The van der Waals surface area contributed by atoms with Gasteiger partial charge in [-0.05, 0) is 42.3 Å². The van der Waals surface area contributed by atoms with Crippen molar-refractivity contribution in [2.24, 2.45) is 5.73 Å². The SMILES string of the molecule is CC(C)(N)Cc1ccc(Br)c2c1OCO2. The van der Waals surface area contributed by atoms with Crippen LogP contribution in [0.5, 0.6) is 11.5 Å². The molecule has 1 heterocycles. The summed E-state index contributed by atoms with van der Waals surface area (Å²) >= 11 is 3.42. The Labute approximate surface area is 97.7 Å². The van der Waals surface area contributed by atoms with E-state index in [1.165, 1.54) is 0 Å². The van der Waals surface area contributed by atoms with Crippen molar-refractivity contribution < 1.29 is 9.47 Å². The molecule has 1 aliphatic rings. The summed E-state index contributed by atoms with van der Waals surface area (Å²) in [6.07, 6.45) is 0.770. The molecule has 0 aliphatic carbocycles. The Bertz CT molecular complexity index is 385. The van der Waals surface area contributed by atoms with E-state index < -0.39 is 0 Å². The molecule has 1 aromatic carbocycles. The van der Waals surface area contributed by atoms with Gasteiger partial charge in [0.25, 0.3) is 0 Å². The molecule has 0 saturated carbocycles. The van der Waals surface area contributed by atoms with E-state index in [1.54, 1.807) is 0 Å². The van der Waals surface area contributed by atoms with Crippen LogP contribution in [0, 0.1) is 0 Å². The highest BCUT2D eigenvalue weighted by Gasteiger charge is 2.23. The Morgan fingerprint density at radius 1 is 1.33 bits per heavy atom. The molecule has 0 saturated heterocycles. The molecule has 2 N–H and O–H groups in total. The van der Waals surface area contributed by atoms with Crippen molar-refractivity contribution in [1.82, 2.24) is 0 Å². The quantitative estimate of drug-likeness (QED) is 0.899. The van der Waals surface area contributed by atoms with Gasteiger partial charge in [-0.15, -0.1) is 0 Å². The van der Waals surface area contributed by atoms with Crippen molar-refractivity contribution in [1.29, 1.82) is 0 Å². The predicted molar refractivity (Wildman–Crippen MR) is 62.2 cm³/mol. The zero-order chi connectivity index (χ0) is 11.1. The lowest BCUT2D eigenvalue weighted by Gasteiger charge is -2.19. The average Bonchev–Trinajstić information content (AvgIpc) is 2.57. The fourth-order valence-electron chi connectivity index (χ4n) is 1.65. The first-order chi connectivity index (χ1) is 6.97. The van der Waals surface area contributed by atoms with Gasteiger partial charge in [0, 0.05) is 11.1 Å². The smallest absolute Gasteiger partial charge is 0.231 e. The third-order valence-electron chi connectivity index (χ3n) is 2.20. The molecule has 0 spiro atoms. The Hall–Kier alpha value is -0.740. The van der Waals surface area contributed by atoms with Gasteiger partial charge >= 0.3 is 0 Å². The van der Waals surface area contributed by atoms with E-state index in [4.69, 9.17) is 15.2 Å². The normalized spacial score (nSPS) is 14.4. The minimum atomic E-state index is -0.243. The number of rotatable bonds is 2. The predicted octanol–water partition coefficient (Wildman–Crippen LogP) is 2.46. The largest absolute Gasteiger partial charge is 0.453 e. The highest BCUT2D eigenvalue weighted by Crippen LogP contribution is 2.42. The number of benzene rings is 1. The summed E-state index contributed by atoms with van der Waals surface area (Å²) in [5.74, 6) is 1.61. The standard InChI is InChI=1S/C11H14BrNO2/c1-11(2,13)5-7-3-4-8(12)10-9(7)14-6-15-10/h3-4H,5-6,13H2,1-2H3. The van der Waals surface area contributed by atoms with Gasteiger partial charge in [0.2, 0.25) is 6.79 Å². The molecule has 82 valence electrons. The van der Waals surface area contributed by atoms with Crippen LogP contribution in [-0.4, -0.2) is 12.3 Å². The van der Waals surface area contributed by atoms with Crippen molar-refractivity contribution in [2.75, 3.05) is 6.79 Å². The lowest BCUT2D eigenvalue weighted by atomic mass is 9.95. The summed E-state index contributed by atoms with van der Waals surface area (Å²) in [5.41, 5.74) is 6.84. The van der Waals surface area contributed by atoms with E-state index in [9.17, 15) is 0 Å². The van der Waals surface area contributed by atoms with E-state index in [-0.39, 0.29) is 12.3 Å². The molecule has 0 atom stereocenters. The molecule has 1 aliphatic heterocycles. The summed E-state index contributed by atoms with van der Waals surface area (Å²) in [4.78, 5) is 0. The van der Waals surface area contributed by atoms with Gasteiger partial charge in [0.15, 0.2) is 11.5 Å². The molecular weight excluding hydrogens is 258 g/mol. The fraction of sp³-hybridized carbons (Fsp3) is 0.455. The number of nitrogens with two attached hydrogens (primary N) is 1. The number of fused-ring (bicyclic) bond motifs is 1. The minimum absolute atomic E-state index is 0.243. The Morgan fingerprint density at radius 3 is 2.67 bits per heavy atom. The molecule has 1 aromatic rings. The maximum absolute atomic E-state index is 5.99. The summed E-state index contributed by atoms with van der Waals surface area (Å²) in [7, 11) is 0. The van der Waals surface area contributed by atoms with Gasteiger partial charge in [0.05, 0.1) is 4.47 Å². The average molecular weight is 272 g/mol. The topological polar surface area (TPSA) is 44.5 Å². The Balaban J connectivity index is 2.38. The number of hydrogen-bond donors (Lipinski definition) is 1. The van der Waals surface area contributed by atoms with Crippen molar-refractivity contribution in [3.63, 3.8) is 0 Å². The molecule has 0 fully saturated rings. The molecular formula is C11H14BrNO2. The zero-order valence-electron chi connectivity index (χ0n) is 8.84. The molecule has 15 heavy (non-hydrogen) atoms. The highest BCUT2D eigenvalue weighted by molar-refractivity contribution is 9.10. The number of hydrogen-bond acceptors (Lipinski definition) is 3. The number of ether oxygens (including phenoxy) is 2. The summed E-state index contributed by atoms with van der Waals surface area (Å²) in [5, 5.41) is 0. The van der Waals surface area contributed by atoms with Crippen LogP contribution in [0.4, 0.5) is 0 Å².